The Morgan fingerprint density at radius 1 is 0.586 bits per heavy atom. The van der Waals surface area contributed by atoms with Crippen molar-refractivity contribution in [3.8, 4) is 34.1 Å². The zero-order valence-corrected chi connectivity index (χ0v) is 34.4. The maximum absolute atomic E-state index is 12.8. The summed E-state index contributed by atoms with van der Waals surface area (Å²) in [5, 5.41) is 18.1. The average molecular weight is 829 g/mol. The minimum atomic E-state index is -1.29. The predicted octanol–water partition coefficient (Wildman–Crippen LogP) is 8.85. The molecule has 14 heteroatoms. The molecule has 4 rings (SSSR count). The van der Waals surface area contributed by atoms with E-state index in [1.165, 1.54) is 20.8 Å². The van der Waals surface area contributed by atoms with Gasteiger partial charge in [0.25, 0.3) is 0 Å². The van der Waals surface area contributed by atoms with Gasteiger partial charge in [0, 0.05) is 33.1 Å². The number of carboxylic acids is 2. The van der Waals surface area contributed by atoms with Gasteiger partial charge >= 0.3 is 23.9 Å². The first-order valence-electron chi connectivity index (χ1n) is 17.7. The lowest BCUT2D eigenvalue weighted by molar-refractivity contribution is -0.160. The molecule has 1 atom stereocenters. The van der Waals surface area contributed by atoms with Gasteiger partial charge in [-0.05, 0) is 124 Å². The van der Waals surface area contributed by atoms with E-state index in [1.54, 1.807) is 54.7 Å². The van der Waals surface area contributed by atoms with Crippen LogP contribution in [0.25, 0.3) is 11.1 Å². The Bertz CT molecular complexity index is 2140. The SMILES string of the molecule is CSc1ccc(OC/C(Oc2ccc(-c3ccc(OCC(C)(COc4ccc(SC)cc4)OC(=O)/C(C)=C\C(=O)O)cc3)cc2)=C(/C)OC(=O)/C(C)=C\C(=O)O)cc1. The number of carboxylic acid groups (broad SMARTS) is 2. The van der Waals surface area contributed by atoms with Gasteiger partial charge in [-0.15, -0.1) is 23.5 Å². The number of carbonyl (C=O) groups is 4. The molecule has 58 heavy (non-hydrogen) atoms. The first kappa shape index (κ1) is 44.6. The first-order valence-corrected chi connectivity index (χ1v) is 20.1. The highest BCUT2D eigenvalue weighted by molar-refractivity contribution is 7.98. The summed E-state index contributed by atoms with van der Waals surface area (Å²) >= 11 is 3.19. The number of thioether (sulfide) groups is 2. The van der Waals surface area contributed by atoms with Crippen LogP contribution in [0.5, 0.6) is 23.0 Å². The van der Waals surface area contributed by atoms with Crippen LogP contribution >= 0.6 is 23.5 Å². The van der Waals surface area contributed by atoms with Crippen molar-refractivity contribution in [2.24, 2.45) is 0 Å². The number of benzene rings is 4. The normalized spacial score (nSPS) is 13.0. The third kappa shape index (κ3) is 14.1. The number of hydrogen-bond acceptors (Lipinski definition) is 12. The molecule has 4 aromatic rings. The Labute approximate surface area is 345 Å². The second-order valence-corrected chi connectivity index (χ2v) is 14.7. The molecule has 2 N–H and O–H groups in total. The van der Waals surface area contributed by atoms with E-state index in [1.807, 2.05) is 85.3 Å². The Kier molecular flexibility index (Phi) is 16.5. The molecule has 0 bridgehead atoms. The molecule has 4 aromatic carbocycles. The fraction of sp³-hybridized carbons (Fsp3) is 0.227. The summed E-state index contributed by atoms with van der Waals surface area (Å²) in [5.41, 5.74) is 0.241. The number of esters is 2. The Hall–Kier alpha value is -6.12. The lowest BCUT2D eigenvalue weighted by atomic mass is 10.1. The Morgan fingerprint density at radius 2 is 0.983 bits per heavy atom. The molecule has 0 aliphatic heterocycles. The van der Waals surface area contributed by atoms with Gasteiger partial charge in [-0.1, -0.05) is 24.3 Å². The Morgan fingerprint density at radius 3 is 1.41 bits per heavy atom. The van der Waals surface area contributed by atoms with E-state index >= 15 is 0 Å². The van der Waals surface area contributed by atoms with Gasteiger partial charge in [0.15, 0.2) is 11.4 Å². The molecule has 0 spiro atoms. The summed E-state index contributed by atoms with van der Waals surface area (Å²) in [6.45, 7) is 5.62. The van der Waals surface area contributed by atoms with Gasteiger partial charge in [-0.3, -0.25) is 0 Å². The highest BCUT2D eigenvalue weighted by Gasteiger charge is 2.32. The minimum absolute atomic E-state index is 0.0676. The van der Waals surface area contributed by atoms with E-state index in [-0.39, 0.29) is 42.5 Å². The first-order chi connectivity index (χ1) is 27.7. The van der Waals surface area contributed by atoms with Crippen LogP contribution in [0.15, 0.2) is 142 Å². The van der Waals surface area contributed by atoms with Crippen LogP contribution in [0.4, 0.5) is 0 Å². The summed E-state index contributed by atoms with van der Waals surface area (Å²) in [4.78, 5) is 49.7. The molecule has 12 nitrogen and oxygen atoms in total. The summed E-state index contributed by atoms with van der Waals surface area (Å²) in [6, 6.07) is 29.3. The van der Waals surface area contributed by atoms with Gasteiger partial charge in [-0.2, -0.15) is 0 Å². The monoisotopic (exact) mass is 828 g/mol. The topological polar surface area (TPSA) is 164 Å². The maximum Gasteiger partial charge on any atom is 0.339 e. The molecule has 0 radical (unpaired) electrons. The second-order valence-electron chi connectivity index (χ2n) is 12.9. The average Bonchev–Trinajstić information content (AvgIpc) is 3.21. The number of hydrogen-bond donors (Lipinski definition) is 2. The lowest BCUT2D eigenvalue weighted by Crippen LogP contribution is -2.44. The highest BCUT2D eigenvalue weighted by Crippen LogP contribution is 2.28. The largest absolute Gasteiger partial charge is 0.489 e. The van der Waals surface area contributed by atoms with Gasteiger partial charge in [0.05, 0.1) is 0 Å². The molecule has 0 aliphatic rings. The molecule has 0 heterocycles. The van der Waals surface area contributed by atoms with Gasteiger partial charge in [0.2, 0.25) is 0 Å². The molecule has 304 valence electrons. The number of aliphatic carboxylic acids is 2. The molecule has 0 saturated heterocycles. The van der Waals surface area contributed by atoms with Crippen LogP contribution in [0.2, 0.25) is 0 Å². The number of ether oxygens (including phenoxy) is 6. The van der Waals surface area contributed by atoms with E-state index < -0.39 is 29.5 Å². The third-order valence-electron chi connectivity index (χ3n) is 8.16. The fourth-order valence-corrected chi connectivity index (χ4v) is 5.76. The summed E-state index contributed by atoms with van der Waals surface area (Å²) < 4.78 is 35.3. The van der Waals surface area contributed by atoms with Crippen LogP contribution in [0, 0.1) is 0 Å². The highest BCUT2D eigenvalue weighted by atomic mass is 32.2. The number of carbonyl (C=O) groups excluding carboxylic acids is 2. The maximum atomic E-state index is 12.8. The van der Waals surface area contributed by atoms with Crippen LogP contribution in [-0.2, 0) is 28.7 Å². The molecule has 0 fully saturated rings. The van der Waals surface area contributed by atoms with E-state index in [2.05, 4.69) is 0 Å². The van der Waals surface area contributed by atoms with Crippen LogP contribution < -0.4 is 18.9 Å². The van der Waals surface area contributed by atoms with Crippen LogP contribution in [-0.4, -0.2) is 72.0 Å². The number of rotatable bonds is 20. The quantitative estimate of drug-likeness (QED) is 0.0376. The molecular weight excluding hydrogens is 785 g/mol. The van der Waals surface area contributed by atoms with Crippen molar-refractivity contribution >= 4 is 47.4 Å². The zero-order chi connectivity index (χ0) is 42.2. The van der Waals surface area contributed by atoms with Crippen LogP contribution in [0.3, 0.4) is 0 Å². The van der Waals surface area contributed by atoms with Gasteiger partial charge in [-0.25, -0.2) is 19.2 Å². The van der Waals surface area contributed by atoms with Crippen molar-refractivity contribution in [2.45, 2.75) is 43.1 Å². The minimum Gasteiger partial charge on any atom is -0.489 e. The van der Waals surface area contributed by atoms with Crippen molar-refractivity contribution < 1.29 is 57.8 Å². The molecule has 0 amide bonds. The van der Waals surface area contributed by atoms with Crippen molar-refractivity contribution in [1.29, 1.82) is 0 Å². The molecular formula is C44H44O12S2. The summed E-state index contributed by atoms with van der Waals surface area (Å²) in [6.07, 6.45) is 5.48. The molecule has 0 saturated carbocycles. The van der Waals surface area contributed by atoms with E-state index in [0.717, 1.165) is 33.1 Å². The fourth-order valence-electron chi connectivity index (χ4n) is 4.94. The van der Waals surface area contributed by atoms with E-state index in [0.29, 0.717) is 23.0 Å². The van der Waals surface area contributed by atoms with Crippen molar-refractivity contribution in [1.82, 2.24) is 0 Å². The van der Waals surface area contributed by atoms with E-state index in [9.17, 15) is 19.2 Å². The smallest absolute Gasteiger partial charge is 0.339 e. The zero-order valence-electron chi connectivity index (χ0n) is 32.8. The van der Waals surface area contributed by atoms with Crippen LogP contribution in [0.1, 0.15) is 27.7 Å². The summed E-state index contributed by atoms with van der Waals surface area (Å²) in [7, 11) is 0. The predicted molar refractivity (Wildman–Crippen MR) is 222 cm³/mol. The Balaban J connectivity index is 1.46. The second kappa shape index (κ2) is 21.4. The lowest BCUT2D eigenvalue weighted by Gasteiger charge is -2.29. The van der Waals surface area contributed by atoms with Gasteiger partial charge in [0.1, 0.15) is 48.6 Å². The van der Waals surface area contributed by atoms with Crippen molar-refractivity contribution in [2.75, 3.05) is 32.3 Å². The standard InChI is InChI=1S/C44H44O12S2/c1-28(23-40(45)46)42(49)54-30(3)39(25-51-33-15-19-37(57-5)20-16-33)55-36-13-9-32(10-14-36)31-7-11-34(12-8-31)52-26-44(4,56-43(50)29(2)24-41(47)48)27-53-35-17-21-38(58-6)22-18-35/h7-24H,25-27H2,1-6H3,(H,45,46)(H,47,48)/b28-23-,29-24-,39-30+. The van der Waals surface area contributed by atoms with E-state index in [4.69, 9.17) is 38.6 Å². The van der Waals surface area contributed by atoms with Crippen molar-refractivity contribution in [3.05, 3.63) is 132 Å². The third-order valence-corrected chi connectivity index (χ3v) is 9.65. The van der Waals surface area contributed by atoms with Crippen molar-refractivity contribution in [3.63, 3.8) is 0 Å². The molecule has 0 aromatic heterocycles. The molecule has 1 unspecified atom stereocenters. The molecule has 0 aliphatic carbocycles. The summed E-state index contributed by atoms with van der Waals surface area (Å²) in [5.74, 6) is -1.84. The van der Waals surface area contributed by atoms with Gasteiger partial charge < -0.3 is 38.6 Å². The number of allylic oxidation sites excluding steroid dienone is 1.